The summed E-state index contributed by atoms with van der Waals surface area (Å²) in [5, 5.41) is 4.22. The van der Waals surface area contributed by atoms with Crippen LogP contribution in [0.5, 0.6) is 0 Å². The standard InChI is InChI=1S/C12H20F4N2O2/c13-9(14)11(19)17-7-5-3-1-2-4-6-8-18-12(20)10(15)16/h9-10H,1-8H2,(H,17,19)(H,18,20). The minimum atomic E-state index is -2.97. The van der Waals surface area contributed by atoms with Gasteiger partial charge in [-0.15, -0.1) is 0 Å². The Morgan fingerprint density at radius 1 is 0.650 bits per heavy atom. The molecular weight excluding hydrogens is 280 g/mol. The summed E-state index contributed by atoms with van der Waals surface area (Å²) in [4.78, 5) is 21.0. The number of amides is 2. The van der Waals surface area contributed by atoms with Crippen molar-refractivity contribution in [3.05, 3.63) is 0 Å². The van der Waals surface area contributed by atoms with E-state index in [0.29, 0.717) is 12.8 Å². The summed E-state index contributed by atoms with van der Waals surface area (Å²) >= 11 is 0. The maximum atomic E-state index is 11.8. The maximum Gasteiger partial charge on any atom is 0.315 e. The Labute approximate surface area is 115 Å². The number of nitrogens with one attached hydrogen (secondary N) is 2. The topological polar surface area (TPSA) is 58.2 Å². The van der Waals surface area contributed by atoms with Gasteiger partial charge in [-0.1, -0.05) is 25.7 Å². The van der Waals surface area contributed by atoms with Gasteiger partial charge < -0.3 is 10.6 Å². The summed E-state index contributed by atoms with van der Waals surface area (Å²) in [5.41, 5.74) is 0. The molecule has 118 valence electrons. The lowest BCUT2D eigenvalue weighted by Crippen LogP contribution is -2.30. The summed E-state index contributed by atoms with van der Waals surface area (Å²) in [6.45, 7) is 0.460. The minimum absolute atomic E-state index is 0.230. The van der Waals surface area contributed by atoms with E-state index in [1.807, 2.05) is 0 Å². The van der Waals surface area contributed by atoms with E-state index in [2.05, 4.69) is 10.6 Å². The molecule has 0 saturated carbocycles. The predicted molar refractivity (Wildman–Crippen MR) is 65.7 cm³/mol. The van der Waals surface area contributed by atoms with Crippen LogP contribution in [0.3, 0.4) is 0 Å². The molecule has 0 aromatic rings. The molecule has 0 atom stereocenters. The number of carbonyl (C=O) groups excluding carboxylic acids is 2. The van der Waals surface area contributed by atoms with Gasteiger partial charge >= 0.3 is 12.9 Å². The van der Waals surface area contributed by atoms with Gasteiger partial charge in [-0.25, -0.2) is 0 Å². The van der Waals surface area contributed by atoms with Crippen molar-refractivity contribution in [2.75, 3.05) is 13.1 Å². The van der Waals surface area contributed by atoms with Crippen molar-refractivity contribution >= 4 is 11.8 Å². The monoisotopic (exact) mass is 300 g/mol. The summed E-state index contributed by atoms with van der Waals surface area (Å²) in [7, 11) is 0. The molecule has 20 heavy (non-hydrogen) atoms. The lowest BCUT2D eigenvalue weighted by molar-refractivity contribution is -0.132. The normalized spacial score (nSPS) is 10.9. The van der Waals surface area contributed by atoms with Gasteiger partial charge in [-0.05, 0) is 12.8 Å². The number of carbonyl (C=O) groups is 2. The van der Waals surface area contributed by atoms with Crippen molar-refractivity contribution < 1.29 is 27.2 Å². The number of hydrogen-bond donors (Lipinski definition) is 2. The molecule has 0 aromatic heterocycles. The lowest BCUT2D eigenvalue weighted by atomic mass is 10.1. The van der Waals surface area contributed by atoms with Crippen molar-refractivity contribution in [3.8, 4) is 0 Å². The van der Waals surface area contributed by atoms with Crippen LogP contribution in [0, 0.1) is 0 Å². The first-order chi connectivity index (χ1) is 9.45. The molecule has 0 heterocycles. The first-order valence-electron chi connectivity index (χ1n) is 6.57. The Morgan fingerprint density at radius 2 is 0.950 bits per heavy atom. The zero-order valence-corrected chi connectivity index (χ0v) is 11.1. The van der Waals surface area contributed by atoms with Gasteiger partial charge in [0, 0.05) is 13.1 Å². The van der Waals surface area contributed by atoms with E-state index < -0.39 is 24.7 Å². The van der Waals surface area contributed by atoms with Crippen LogP contribution in [0.1, 0.15) is 38.5 Å². The second-order valence-electron chi connectivity index (χ2n) is 4.30. The van der Waals surface area contributed by atoms with Crippen LogP contribution in [0.25, 0.3) is 0 Å². The number of hydrogen-bond acceptors (Lipinski definition) is 2. The van der Waals surface area contributed by atoms with Gasteiger partial charge in [0.2, 0.25) is 0 Å². The van der Waals surface area contributed by atoms with Crippen LogP contribution in [0.2, 0.25) is 0 Å². The second kappa shape index (κ2) is 11.5. The van der Waals surface area contributed by atoms with E-state index in [0.717, 1.165) is 25.7 Å². The first-order valence-corrected chi connectivity index (χ1v) is 6.57. The predicted octanol–water partition coefficient (Wildman–Crippen LogP) is 2.09. The Morgan fingerprint density at radius 3 is 1.25 bits per heavy atom. The number of rotatable bonds is 11. The smallest absolute Gasteiger partial charge is 0.315 e. The fraction of sp³-hybridized carbons (Fsp3) is 0.833. The fourth-order valence-electron chi connectivity index (χ4n) is 1.53. The van der Waals surface area contributed by atoms with Gasteiger partial charge in [-0.3, -0.25) is 9.59 Å². The molecule has 0 unspecified atom stereocenters. The van der Waals surface area contributed by atoms with E-state index in [9.17, 15) is 27.2 Å². The Hall–Kier alpha value is -1.34. The Balaban J connectivity index is 3.21. The van der Waals surface area contributed by atoms with Crippen molar-refractivity contribution in [1.82, 2.24) is 10.6 Å². The van der Waals surface area contributed by atoms with Crippen LogP contribution in [-0.2, 0) is 9.59 Å². The third kappa shape index (κ3) is 10.6. The lowest BCUT2D eigenvalue weighted by Gasteiger charge is -2.05. The van der Waals surface area contributed by atoms with Crippen molar-refractivity contribution in [2.24, 2.45) is 0 Å². The quantitative estimate of drug-likeness (QED) is 0.453. The molecule has 0 aliphatic carbocycles. The molecule has 2 amide bonds. The van der Waals surface area contributed by atoms with Gasteiger partial charge in [0.15, 0.2) is 0 Å². The molecule has 0 saturated heterocycles. The molecule has 2 N–H and O–H groups in total. The molecule has 4 nitrogen and oxygen atoms in total. The molecule has 0 spiro atoms. The number of unbranched alkanes of at least 4 members (excludes halogenated alkanes) is 5. The molecule has 8 heteroatoms. The van der Waals surface area contributed by atoms with Crippen molar-refractivity contribution in [1.29, 1.82) is 0 Å². The molecule has 0 fully saturated rings. The first kappa shape index (κ1) is 18.7. The Bertz CT molecular complexity index is 261. The van der Waals surface area contributed by atoms with Gasteiger partial charge in [0.25, 0.3) is 11.8 Å². The van der Waals surface area contributed by atoms with Crippen molar-refractivity contribution in [3.63, 3.8) is 0 Å². The molecule has 0 radical (unpaired) electrons. The minimum Gasteiger partial charge on any atom is -0.351 e. The average molecular weight is 300 g/mol. The van der Waals surface area contributed by atoms with Gasteiger partial charge in [0.05, 0.1) is 0 Å². The highest BCUT2D eigenvalue weighted by atomic mass is 19.3. The van der Waals surface area contributed by atoms with E-state index >= 15 is 0 Å². The van der Waals surface area contributed by atoms with Crippen LogP contribution < -0.4 is 10.6 Å². The highest BCUT2D eigenvalue weighted by molar-refractivity contribution is 5.79. The highest BCUT2D eigenvalue weighted by Gasteiger charge is 2.13. The van der Waals surface area contributed by atoms with E-state index in [1.54, 1.807) is 0 Å². The molecule has 0 aromatic carbocycles. The average Bonchev–Trinajstić information content (AvgIpc) is 2.39. The molecule has 0 aliphatic rings. The molecular formula is C12H20F4N2O2. The Kier molecular flexibility index (Phi) is 10.7. The van der Waals surface area contributed by atoms with Crippen LogP contribution in [0.15, 0.2) is 0 Å². The van der Waals surface area contributed by atoms with E-state index in [4.69, 9.17) is 0 Å². The van der Waals surface area contributed by atoms with E-state index in [-0.39, 0.29) is 13.1 Å². The number of alkyl halides is 4. The van der Waals surface area contributed by atoms with E-state index in [1.165, 1.54) is 0 Å². The van der Waals surface area contributed by atoms with Crippen LogP contribution >= 0.6 is 0 Å². The highest BCUT2D eigenvalue weighted by Crippen LogP contribution is 2.04. The van der Waals surface area contributed by atoms with Crippen molar-refractivity contribution in [2.45, 2.75) is 51.4 Å². The second-order valence-corrected chi connectivity index (χ2v) is 4.30. The van der Waals surface area contributed by atoms with Crippen LogP contribution in [0.4, 0.5) is 17.6 Å². The summed E-state index contributed by atoms with van der Waals surface area (Å²) in [5.74, 6) is -2.50. The van der Waals surface area contributed by atoms with Gasteiger partial charge in [-0.2, -0.15) is 17.6 Å². The fourth-order valence-corrected chi connectivity index (χ4v) is 1.53. The summed E-state index contributed by atoms with van der Waals surface area (Å²) < 4.78 is 47.2. The molecule has 0 rings (SSSR count). The van der Waals surface area contributed by atoms with Gasteiger partial charge in [0.1, 0.15) is 0 Å². The third-order valence-corrected chi connectivity index (χ3v) is 2.60. The summed E-state index contributed by atoms with van der Waals surface area (Å²) in [6.07, 6.45) is -1.36. The maximum absolute atomic E-state index is 11.8. The SMILES string of the molecule is O=C(NCCCCCCCCNC(=O)C(F)F)C(F)F. The summed E-state index contributed by atoms with van der Waals surface area (Å²) in [6, 6.07) is 0. The largest absolute Gasteiger partial charge is 0.351 e. The van der Waals surface area contributed by atoms with Crippen LogP contribution in [-0.4, -0.2) is 37.8 Å². The zero-order chi connectivity index (χ0) is 15.4. The number of halogens is 4. The molecule has 0 aliphatic heterocycles. The zero-order valence-electron chi connectivity index (χ0n) is 11.1. The molecule has 0 bridgehead atoms. The third-order valence-electron chi connectivity index (χ3n) is 2.60.